The highest BCUT2D eigenvalue weighted by Gasteiger charge is 2.21. The number of hydrogen-bond acceptors (Lipinski definition) is 8. The number of pyridine rings is 1. The molecule has 0 amide bonds. The normalized spacial score (nSPS) is 11.2. The van der Waals surface area contributed by atoms with Crippen LogP contribution in [0.4, 0.5) is 5.82 Å². The summed E-state index contributed by atoms with van der Waals surface area (Å²) in [6.07, 6.45) is 3.73. The number of halogens is 2. The summed E-state index contributed by atoms with van der Waals surface area (Å²) in [6.45, 7) is 5.10. The number of fused-ring (bicyclic) bond motifs is 1. The molecule has 0 radical (unpaired) electrons. The van der Waals surface area contributed by atoms with Gasteiger partial charge >= 0.3 is 0 Å². The summed E-state index contributed by atoms with van der Waals surface area (Å²) in [5.41, 5.74) is 1.87. The summed E-state index contributed by atoms with van der Waals surface area (Å²) in [5.74, 6) is 2.51. The zero-order valence-corrected chi connectivity index (χ0v) is 21.1. The summed E-state index contributed by atoms with van der Waals surface area (Å²) in [4.78, 5) is 13.9. The van der Waals surface area contributed by atoms with Crippen molar-refractivity contribution >= 4 is 63.4 Å². The van der Waals surface area contributed by atoms with E-state index in [0.29, 0.717) is 49.0 Å². The van der Waals surface area contributed by atoms with Crippen LogP contribution in [0, 0.1) is 0 Å². The minimum Gasteiger partial charge on any atom is -0.495 e. The van der Waals surface area contributed by atoms with Crippen LogP contribution in [0.1, 0.15) is 13.8 Å². The molecule has 0 saturated carbocycles. The molecule has 3 aromatic rings. The molecule has 10 heteroatoms. The molecule has 0 fully saturated rings. The van der Waals surface area contributed by atoms with Crippen LogP contribution >= 0.6 is 46.7 Å². The van der Waals surface area contributed by atoms with E-state index in [-0.39, 0.29) is 0 Å². The van der Waals surface area contributed by atoms with Crippen LogP contribution in [0.2, 0.25) is 10.0 Å². The Hall–Kier alpha value is -1.61. The number of ether oxygens (including phenoxy) is 2. The molecule has 0 aliphatic rings. The first-order valence-corrected chi connectivity index (χ1v) is 12.6. The van der Waals surface area contributed by atoms with Crippen molar-refractivity contribution < 1.29 is 9.47 Å². The molecule has 31 heavy (non-hydrogen) atoms. The molecule has 0 unspecified atom stereocenters. The number of hydrogen-bond donors (Lipinski definition) is 1. The largest absolute Gasteiger partial charge is 0.495 e. The maximum Gasteiger partial charge on any atom is 0.187 e. The van der Waals surface area contributed by atoms with Crippen molar-refractivity contribution in [1.29, 1.82) is 0 Å². The Labute approximate surface area is 200 Å². The number of aromatic nitrogens is 3. The molecule has 0 saturated heterocycles. The van der Waals surface area contributed by atoms with E-state index >= 15 is 0 Å². The lowest BCUT2D eigenvalue weighted by molar-refractivity contribution is 0.395. The zero-order valence-electron chi connectivity index (χ0n) is 18.0. The quantitative estimate of drug-likeness (QED) is 0.209. The minimum atomic E-state index is 0.364. The molecule has 0 aliphatic carbocycles. The maximum atomic E-state index is 6.63. The van der Waals surface area contributed by atoms with Gasteiger partial charge in [-0.25, -0.2) is 15.0 Å². The van der Waals surface area contributed by atoms with Gasteiger partial charge in [0.15, 0.2) is 11.0 Å². The summed E-state index contributed by atoms with van der Waals surface area (Å²) in [7, 11) is 3.09. The fourth-order valence-electron chi connectivity index (χ4n) is 2.95. The van der Waals surface area contributed by atoms with Gasteiger partial charge in [-0.3, -0.25) is 0 Å². The highest BCUT2D eigenvalue weighted by Crippen LogP contribution is 2.46. The molecular formula is C21H24Cl2N4O2S2. The number of methoxy groups -OCH3 is 2. The van der Waals surface area contributed by atoms with Crippen LogP contribution in [-0.4, -0.2) is 53.0 Å². The Morgan fingerprint density at radius 1 is 1.06 bits per heavy atom. The van der Waals surface area contributed by atoms with Gasteiger partial charge in [-0.2, -0.15) is 11.8 Å². The van der Waals surface area contributed by atoms with Crippen molar-refractivity contribution in [1.82, 2.24) is 15.0 Å². The van der Waals surface area contributed by atoms with Gasteiger partial charge in [0.25, 0.3) is 0 Å². The molecule has 3 rings (SSSR count). The first-order valence-electron chi connectivity index (χ1n) is 9.57. The molecule has 0 aliphatic heterocycles. The SMILES string of the molecule is COc1cc(OC)c(Cl)c(-c2cc3cnc(SC)nc3c(NCCSC(C)C)n2)c1Cl. The van der Waals surface area contributed by atoms with Crippen LogP contribution in [0.3, 0.4) is 0 Å². The molecule has 1 aromatic carbocycles. The Morgan fingerprint density at radius 2 is 1.74 bits per heavy atom. The number of nitrogens with one attached hydrogen (secondary N) is 1. The summed E-state index contributed by atoms with van der Waals surface area (Å²) >= 11 is 16.6. The minimum absolute atomic E-state index is 0.364. The van der Waals surface area contributed by atoms with Crippen molar-refractivity contribution in [3.05, 3.63) is 28.4 Å². The third-order valence-electron chi connectivity index (χ3n) is 4.40. The number of benzene rings is 1. The second kappa shape index (κ2) is 10.8. The van der Waals surface area contributed by atoms with E-state index < -0.39 is 0 Å². The number of anilines is 1. The predicted octanol–water partition coefficient (Wildman–Crippen LogP) is 6.29. The topological polar surface area (TPSA) is 69.2 Å². The van der Waals surface area contributed by atoms with E-state index in [0.717, 1.165) is 23.2 Å². The van der Waals surface area contributed by atoms with Crippen LogP contribution in [0.25, 0.3) is 22.2 Å². The molecule has 166 valence electrons. The van der Waals surface area contributed by atoms with E-state index in [1.807, 2.05) is 24.1 Å². The lowest BCUT2D eigenvalue weighted by Crippen LogP contribution is -2.09. The van der Waals surface area contributed by atoms with Gasteiger partial charge in [0, 0.05) is 35.5 Å². The number of thioether (sulfide) groups is 2. The van der Waals surface area contributed by atoms with Crippen LogP contribution < -0.4 is 14.8 Å². The summed E-state index contributed by atoms with van der Waals surface area (Å²) < 4.78 is 10.8. The smallest absolute Gasteiger partial charge is 0.187 e. The van der Waals surface area contributed by atoms with E-state index in [1.165, 1.54) is 11.8 Å². The van der Waals surface area contributed by atoms with Gasteiger partial charge in [0.1, 0.15) is 17.0 Å². The first kappa shape index (κ1) is 24.0. The molecule has 0 spiro atoms. The van der Waals surface area contributed by atoms with Gasteiger partial charge in [-0.1, -0.05) is 48.8 Å². The maximum absolute atomic E-state index is 6.63. The third-order valence-corrected chi connectivity index (χ3v) is 6.82. The Bertz CT molecular complexity index is 1050. The van der Waals surface area contributed by atoms with Crippen molar-refractivity contribution in [2.24, 2.45) is 0 Å². The fraction of sp³-hybridized carbons (Fsp3) is 0.381. The highest BCUT2D eigenvalue weighted by molar-refractivity contribution is 7.99. The van der Waals surface area contributed by atoms with Crippen LogP contribution in [0.15, 0.2) is 23.5 Å². The standard InChI is InChI=1S/C21H24Cl2N4O2S2/c1-11(2)31-7-6-24-20-19-12(10-25-21(27-19)30-5)8-13(26-20)16-17(22)14(28-3)9-15(29-4)18(16)23/h8-11H,6-7H2,1-5H3,(H,24,26). The monoisotopic (exact) mass is 498 g/mol. The second-order valence-electron chi connectivity index (χ2n) is 6.78. The molecular weight excluding hydrogens is 475 g/mol. The zero-order chi connectivity index (χ0) is 22.5. The molecule has 2 aromatic heterocycles. The van der Waals surface area contributed by atoms with Crippen LogP contribution in [-0.2, 0) is 0 Å². The van der Waals surface area contributed by atoms with E-state index in [4.69, 9.17) is 37.7 Å². The molecule has 0 atom stereocenters. The molecule has 0 bridgehead atoms. The Kier molecular flexibility index (Phi) is 8.38. The van der Waals surface area contributed by atoms with Crippen LogP contribution in [0.5, 0.6) is 11.5 Å². The summed E-state index contributed by atoms with van der Waals surface area (Å²) in [5, 5.41) is 6.22. The Balaban J connectivity index is 2.16. The second-order valence-corrected chi connectivity index (χ2v) is 9.99. The van der Waals surface area contributed by atoms with E-state index in [2.05, 4.69) is 29.1 Å². The average molecular weight is 499 g/mol. The molecule has 2 heterocycles. The van der Waals surface area contributed by atoms with E-state index in [1.54, 1.807) is 26.5 Å². The van der Waals surface area contributed by atoms with E-state index in [9.17, 15) is 0 Å². The Morgan fingerprint density at radius 3 is 2.32 bits per heavy atom. The first-order chi connectivity index (χ1) is 14.9. The fourth-order valence-corrected chi connectivity index (χ4v) is 4.67. The van der Waals surface area contributed by atoms with Gasteiger partial charge in [-0.05, 0) is 17.6 Å². The van der Waals surface area contributed by atoms with Crippen molar-refractivity contribution in [2.45, 2.75) is 24.3 Å². The number of rotatable bonds is 9. The van der Waals surface area contributed by atoms with Crippen molar-refractivity contribution in [3.8, 4) is 22.8 Å². The third kappa shape index (κ3) is 5.42. The van der Waals surface area contributed by atoms with Crippen molar-refractivity contribution in [2.75, 3.05) is 38.1 Å². The summed E-state index contributed by atoms with van der Waals surface area (Å²) in [6, 6.07) is 3.53. The van der Waals surface area contributed by atoms with Gasteiger partial charge in [-0.15, -0.1) is 0 Å². The predicted molar refractivity (Wildman–Crippen MR) is 134 cm³/mol. The van der Waals surface area contributed by atoms with Gasteiger partial charge in [0.05, 0.1) is 30.0 Å². The molecule has 1 N–H and O–H groups in total. The van der Waals surface area contributed by atoms with Gasteiger partial charge in [0.2, 0.25) is 0 Å². The number of nitrogens with zero attached hydrogens (tertiary/aromatic N) is 3. The average Bonchev–Trinajstić information content (AvgIpc) is 2.76. The lowest BCUT2D eigenvalue weighted by atomic mass is 10.1. The van der Waals surface area contributed by atoms with Gasteiger partial charge < -0.3 is 14.8 Å². The van der Waals surface area contributed by atoms with Crippen molar-refractivity contribution in [3.63, 3.8) is 0 Å². The molecule has 6 nitrogen and oxygen atoms in total. The lowest BCUT2D eigenvalue weighted by Gasteiger charge is -2.16. The highest BCUT2D eigenvalue weighted by atomic mass is 35.5.